The van der Waals surface area contributed by atoms with Gasteiger partial charge in [-0.25, -0.2) is 0 Å². The lowest BCUT2D eigenvalue weighted by Crippen LogP contribution is -2.00. The molecule has 64 valence electrons. The van der Waals surface area contributed by atoms with Crippen molar-refractivity contribution < 1.29 is 0 Å². The van der Waals surface area contributed by atoms with E-state index < -0.39 is 0 Å². The summed E-state index contributed by atoms with van der Waals surface area (Å²) >= 11 is 1.99. The average Bonchev–Trinajstić information content (AvgIpc) is 2.13. The van der Waals surface area contributed by atoms with Crippen LogP contribution in [0.1, 0.15) is 33.6 Å². The molecule has 1 heterocycles. The number of hydrogen-bond acceptors (Lipinski definition) is 1. The van der Waals surface area contributed by atoms with E-state index in [9.17, 15) is 0 Å². The summed E-state index contributed by atoms with van der Waals surface area (Å²) in [6, 6.07) is 0. The van der Waals surface area contributed by atoms with E-state index in [1.807, 2.05) is 11.8 Å². The van der Waals surface area contributed by atoms with Crippen LogP contribution in [-0.2, 0) is 0 Å². The minimum atomic E-state index is 0.753. The first-order valence-electron chi connectivity index (χ1n) is 4.50. The highest BCUT2D eigenvalue weighted by Crippen LogP contribution is 2.28. The second-order valence-electron chi connectivity index (χ2n) is 3.82. The van der Waals surface area contributed by atoms with Gasteiger partial charge in [-0.15, -0.1) is 11.8 Å². The van der Waals surface area contributed by atoms with E-state index in [1.54, 1.807) is 5.57 Å². The third-order valence-corrected chi connectivity index (χ3v) is 3.23. The van der Waals surface area contributed by atoms with E-state index in [0.29, 0.717) is 0 Å². The van der Waals surface area contributed by atoms with Crippen molar-refractivity contribution in [3.8, 4) is 0 Å². The maximum atomic E-state index is 2.38. The van der Waals surface area contributed by atoms with Crippen LogP contribution in [0.3, 0.4) is 0 Å². The number of rotatable bonds is 1. The van der Waals surface area contributed by atoms with Gasteiger partial charge < -0.3 is 0 Å². The lowest BCUT2D eigenvalue weighted by atomic mass is 9.93. The first-order chi connectivity index (χ1) is 5.20. The van der Waals surface area contributed by atoms with Gasteiger partial charge in [0, 0.05) is 0 Å². The van der Waals surface area contributed by atoms with Crippen LogP contribution in [0.4, 0.5) is 0 Å². The summed E-state index contributed by atoms with van der Waals surface area (Å²) in [5.74, 6) is 2.97. The van der Waals surface area contributed by atoms with Gasteiger partial charge in [0.2, 0.25) is 0 Å². The maximum Gasteiger partial charge on any atom is -0.00233 e. The number of thioether (sulfide) groups is 1. The van der Waals surface area contributed by atoms with E-state index in [4.69, 9.17) is 0 Å². The van der Waals surface area contributed by atoms with E-state index >= 15 is 0 Å². The van der Waals surface area contributed by atoms with Crippen molar-refractivity contribution in [2.75, 3.05) is 5.75 Å². The second kappa shape index (κ2) is 4.20. The molecule has 0 nitrogen and oxygen atoms in total. The fourth-order valence-electron chi connectivity index (χ4n) is 1.36. The van der Waals surface area contributed by atoms with Crippen LogP contribution in [0.5, 0.6) is 0 Å². The molecule has 0 N–H and O–H groups in total. The average molecular weight is 170 g/mol. The third-order valence-electron chi connectivity index (χ3n) is 2.29. The Kier molecular flexibility index (Phi) is 3.50. The van der Waals surface area contributed by atoms with Crippen molar-refractivity contribution in [3.05, 3.63) is 11.0 Å². The SMILES string of the molecule is CC1CCSC=C(C(C)C)C1. The molecule has 0 fully saturated rings. The maximum absolute atomic E-state index is 2.38. The fraction of sp³-hybridized carbons (Fsp3) is 0.800. The van der Waals surface area contributed by atoms with Crippen LogP contribution < -0.4 is 0 Å². The molecule has 1 unspecified atom stereocenters. The van der Waals surface area contributed by atoms with Gasteiger partial charge in [-0.1, -0.05) is 26.3 Å². The zero-order valence-corrected chi connectivity index (χ0v) is 8.58. The lowest BCUT2D eigenvalue weighted by molar-refractivity contribution is 0.534. The minimum absolute atomic E-state index is 0.753. The van der Waals surface area contributed by atoms with E-state index in [-0.39, 0.29) is 0 Å². The topological polar surface area (TPSA) is 0 Å². The molecule has 0 bridgehead atoms. The van der Waals surface area contributed by atoms with Gasteiger partial charge in [-0.05, 0) is 35.8 Å². The summed E-state index contributed by atoms with van der Waals surface area (Å²) < 4.78 is 0. The highest BCUT2D eigenvalue weighted by molar-refractivity contribution is 8.02. The molecular formula is C10H18S. The monoisotopic (exact) mass is 170 g/mol. The standard InChI is InChI=1S/C10H18S/c1-8(2)10-6-9(3)4-5-11-7-10/h7-9H,4-6H2,1-3H3. The predicted molar refractivity (Wildman–Crippen MR) is 53.8 cm³/mol. The quantitative estimate of drug-likeness (QED) is 0.578. The fourth-order valence-corrected chi connectivity index (χ4v) is 2.60. The molecule has 1 aliphatic heterocycles. The molecule has 0 radical (unpaired) electrons. The van der Waals surface area contributed by atoms with E-state index in [2.05, 4.69) is 26.2 Å². The van der Waals surface area contributed by atoms with Crippen molar-refractivity contribution in [2.45, 2.75) is 33.6 Å². The normalized spacial score (nSPS) is 26.5. The van der Waals surface area contributed by atoms with Gasteiger partial charge >= 0.3 is 0 Å². The zero-order chi connectivity index (χ0) is 8.27. The molecule has 1 rings (SSSR count). The summed E-state index contributed by atoms with van der Waals surface area (Å²) in [6.45, 7) is 6.96. The molecule has 0 aromatic carbocycles. The van der Waals surface area contributed by atoms with Crippen molar-refractivity contribution in [1.82, 2.24) is 0 Å². The molecule has 0 amide bonds. The van der Waals surface area contributed by atoms with Gasteiger partial charge in [0.25, 0.3) is 0 Å². The van der Waals surface area contributed by atoms with Crippen molar-refractivity contribution in [1.29, 1.82) is 0 Å². The van der Waals surface area contributed by atoms with E-state index in [1.165, 1.54) is 18.6 Å². The molecular weight excluding hydrogens is 152 g/mol. The molecule has 0 saturated carbocycles. The summed E-state index contributed by atoms with van der Waals surface area (Å²) in [6.07, 6.45) is 2.71. The molecule has 11 heavy (non-hydrogen) atoms. The second-order valence-corrected chi connectivity index (χ2v) is 4.79. The molecule has 1 atom stereocenters. The molecule has 0 aromatic rings. The summed E-state index contributed by atoms with van der Waals surface area (Å²) in [5.41, 5.74) is 1.65. The Morgan fingerprint density at radius 1 is 1.55 bits per heavy atom. The van der Waals surface area contributed by atoms with Gasteiger partial charge in [0.05, 0.1) is 0 Å². The van der Waals surface area contributed by atoms with Gasteiger partial charge in [-0.3, -0.25) is 0 Å². The van der Waals surface area contributed by atoms with Crippen molar-refractivity contribution in [3.63, 3.8) is 0 Å². The Labute approximate surface area is 74.5 Å². The van der Waals surface area contributed by atoms with Gasteiger partial charge in [-0.2, -0.15) is 0 Å². The summed E-state index contributed by atoms with van der Waals surface area (Å²) in [7, 11) is 0. The Morgan fingerprint density at radius 3 is 2.91 bits per heavy atom. The van der Waals surface area contributed by atoms with Crippen LogP contribution in [0.15, 0.2) is 11.0 Å². The number of allylic oxidation sites excluding steroid dienone is 1. The minimum Gasteiger partial charge on any atom is -0.134 e. The van der Waals surface area contributed by atoms with Crippen molar-refractivity contribution in [2.24, 2.45) is 11.8 Å². The highest BCUT2D eigenvalue weighted by Gasteiger charge is 2.11. The first-order valence-corrected chi connectivity index (χ1v) is 5.55. The van der Waals surface area contributed by atoms with Crippen LogP contribution in [-0.4, -0.2) is 5.75 Å². The van der Waals surface area contributed by atoms with Crippen LogP contribution in [0.2, 0.25) is 0 Å². The Balaban J connectivity index is 2.54. The highest BCUT2D eigenvalue weighted by atomic mass is 32.2. The molecule has 0 saturated heterocycles. The van der Waals surface area contributed by atoms with Crippen LogP contribution in [0.25, 0.3) is 0 Å². The van der Waals surface area contributed by atoms with Crippen LogP contribution in [0, 0.1) is 11.8 Å². The van der Waals surface area contributed by atoms with Gasteiger partial charge in [0.1, 0.15) is 0 Å². The molecule has 1 aliphatic rings. The van der Waals surface area contributed by atoms with Crippen molar-refractivity contribution >= 4 is 11.8 Å². The Morgan fingerprint density at radius 2 is 2.27 bits per heavy atom. The summed E-state index contributed by atoms with van der Waals surface area (Å²) in [5, 5.41) is 2.38. The molecule has 0 aromatic heterocycles. The Bertz CT molecular complexity index is 147. The van der Waals surface area contributed by atoms with E-state index in [0.717, 1.165) is 11.8 Å². The largest absolute Gasteiger partial charge is 0.134 e. The first kappa shape index (κ1) is 9.18. The lowest BCUT2D eigenvalue weighted by Gasteiger charge is -2.12. The third kappa shape index (κ3) is 2.90. The predicted octanol–water partition coefficient (Wildman–Crippen LogP) is 3.69. The molecule has 1 heteroatoms. The zero-order valence-electron chi connectivity index (χ0n) is 7.76. The smallest absolute Gasteiger partial charge is 0.00233 e. The Hall–Kier alpha value is 0.0900. The summed E-state index contributed by atoms with van der Waals surface area (Å²) in [4.78, 5) is 0. The molecule has 0 spiro atoms. The van der Waals surface area contributed by atoms with Crippen LogP contribution >= 0.6 is 11.8 Å². The van der Waals surface area contributed by atoms with Gasteiger partial charge in [0.15, 0.2) is 0 Å². The molecule has 0 aliphatic carbocycles. The number of hydrogen-bond donors (Lipinski definition) is 0.